The molecule has 0 amide bonds. The summed E-state index contributed by atoms with van der Waals surface area (Å²) in [6.45, 7) is 3.81. The Balaban J connectivity index is 2.48. The summed E-state index contributed by atoms with van der Waals surface area (Å²) in [5, 5.41) is 0.938. The highest BCUT2D eigenvalue weighted by Crippen LogP contribution is 2.32. The lowest BCUT2D eigenvalue weighted by molar-refractivity contribution is -0.134. The van der Waals surface area contributed by atoms with Gasteiger partial charge in [0, 0.05) is 12.3 Å². The molecule has 2 aromatic heterocycles. The maximum Gasteiger partial charge on any atom is 0.330 e. The number of rotatable bonds is 3. The van der Waals surface area contributed by atoms with Gasteiger partial charge in [0.15, 0.2) is 0 Å². The van der Waals surface area contributed by atoms with Crippen molar-refractivity contribution in [1.29, 1.82) is 0 Å². The molecule has 2 heterocycles. The van der Waals surface area contributed by atoms with E-state index in [-0.39, 0.29) is 5.97 Å². The fourth-order valence-electron chi connectivity index (χ4n) is 1.67. The number of aryl methyl sites for hydroxylation is 1. The summed E-state index contributed by atoms with van der Waals surface area (Å²) >= 11 is 1.54. The molecule has 0 saturated carbocycles. The molecule has 98 valence electrons. The number of methoxy groups -OCH3 is 1. The van der Waals surface area contributed by atoms with Crippen molar-refractivity contribution in [3.63, 3.8) is 0 Å². The van der Waals surface area contributed by atoms with E-state index in [0.717, 1.165) is 26.8 Å². The van der Waals surface area contributed by atoms with Gasteiger partial charge in [0.25, 0.3) is 0 Å². The molecule has 0 atom stereocenters. The van der Waals surface area contributed by atoms with Crippen LogP contribution in [-0.2, 0) is 9.53 Å². The Bertz CT molecular complexity index is 618. The molecule has 0 saturated heterocycles. The minimum Gasteiger partial charge on any atom is -0.466 e. The number of esters is 1. The molecule has 0 unspecified atom stereocenters. The first kappa shape index (κ1) is 13.4. The van der Waals surface area contributed by atoms with Crippen LogP contribution in [0.3, 0.4) is 0 Å². The highest BCUT2D eigenvalue weighted by Gasteiger charge is 2.14. The molecule has 0 N–H and O–H groups in total. The quantitative estimate of drug-likeness (QED) is 0.637. The van der Waals surface area contributed by atoms with Crippen LogP contribution in [0.4, 0.5) is 0 Å². The first-order valence-corrected chi connectivity index (χ1v) is 6.59. The van der Waals surface area contributed by atoms with Gasteiger partial charge in [-0.15, -0.1) is 11.3 Å². The highest BCUT2D eigenvalue weighted by molar-refractivity contribution is 7.13. The Morgan fingerprint density at radius 2 is 2.21 bits per heavy atom. The summed E-state index contributed by atoms with van der Waals surface area (Å²) < 4.78 is 4.65. The van der Waals surface area contributed by atoms with E-state index in [4.69, 9.17) is 0 Å². The van der Waals surface area contributed by atoms with Gasteiger partial charge >= 0.3 is 5.97 Å². The molecule has 5 heteroatoms. The second-order valence-electron chi connectivity index (χ2n) is 3.98. The topological polar surface area (TPSA) is 52.1 Å². The largest absolute Gasteiger partial charge is 0.466 e. The highest BCUT2D eigenvalue weighted by atomic mass is 32.1. The number of allylic oxidation sites excluding steroid dienone is 1. The van der Waals surface area contributed by atoms with Crippen molar-refractivity contribution in [3.05, 3.63) is 40.4 Å². The zero-order valence-corrected chi connectivity index (χ0v) is 11.8. The maximum atomic E-state index is 11.3. The van der Waals surface area contributed by atoms with E-state index >= 15 is 0 Å². The smallest absolute Gasteiger partial charge is 0.330 e. The van der Waals surface area contributed by atoms with Gasteiger partial charge in [0.05, 0.1) is 22.7 Å². The predicted molar refractivity (Wildman–Crippen MR) is 75.7 cm³/mol. The average molecular weight is 274 g/mol. The van der Waals surface area contributed by atoms with Crippen molar-refractivity contribution in [1.82, 2.24) is 9.97 Å². The van der Waals surface area contributed by atoms with E-state index in [1.54, 1.807) is 17.5 Å². The van der Waals surface area contributed by atoms with E-state index in [1.807, 2.05) is 32.0 Å². The second-order valence-corrected chi connectivity index (χ2v) is 5.18. The van der Waals surface area contributed by atoms with Crippen LogP contribution in [-0.4, -0.2) is 23.0 Å². The number of carbonyl (C=O) groups is 1. The van der Waals surface area contributed by atoms with Gasteiger partial charge in [0.1, 0.15) is 5.69 Å². The van der Waals surface area contributed by atoms with E-state index in [2.05, 4.69) is 14.7 Å². The van der Waals surface area contributed by atoms with Crippen molar-refractivity contribution < 1.29 is 9.53 Å². The number of pyridine rings is 1. The van der Waals surface area contributed by atoms with Crippen molar-refractivity contribution in [2.45, 2.75) is 13.8 Å². The van der Waals surface area contributed by atoms with Gasteiger partial charge in [-0.1, -0.05) is 6.07 Å². The van der Waals surface area contributed by atoms with Crippen LogP contribution >= 0.6 is 11.3 Å². The summed E-state index contributed by atoms with van der Waals surface area (Å²) in [6.07, 6.45) is 3.20. The van der Waals surface area contributed by atoms with E-state index in [1.165, 1.54) is 13.2 Å². The van der Waals surface area contributed by atoms with Gasteiger partial charge < -0.3 is 4.74 Å². The van der Waals surface area contributed by atoms with Crippen LogP contribution < -0.4 is 0 Å². The summed E-state index contributed by atoms with van der Waals surface area (Å²) in [6, 6.07) is 5.68. The Morgan fingerprint density at radius 1 is 1.42 bits per heavy atom. The SMILES string of the molecule is COC(=O)/C=C(\C)c1sc(C)nc1-c1ccccn1. The van der Waals surface area contributed by atoms with Gasteiger partial charge in [-0.25, -0.2) is 9.78 Å². The zero-order chi connectivity index (χ0) is 13.8. The fourth-order valence-corrected chi connectivity index (χ4v) is 2.57. The minimum absolute atomic E-state index is 0.365. The maximum absolute atomic E-state index is 11.3. The van der Waals surface area contributed by atoms with Gasteiger partial charge in [-0.2, -0.15) is 0 Å². The van der Waals surface area contributed by atoms with Gasteiger partial charge in [-0.3, -0.25) is 4.98 Å². The molecule has 0 spiro atoms. The van der Waals surface area contributed by atoms with Gasteiger partial charge in [0.2, 0.25) is 0 Å². The summed E-state index contributed by atoms with van der Waals surface area (Å²) in [7, 11) is 1.36. The monoisotopic (exact) mass is 274 g/mol. The molecule has 4 nitrogen and oxygen atoms in total. The Morgan fingerprint density at radius 3 is 2.84 bits per heavy atom. The van der Waals surface area contributed by atoms with Crippen LogP contribution in [0.15, 0.2) is 30.5 Å². The number of aromatic nitrogens is 2. The average Bonchev–Trinajstić information content (AvgIpc) is 2.82. The lowest BCUT2D eigenvalue weighted by Gasteiger charge is -2.01. The van der Waals surface area contributed by atoms with Gasteiger partial charge in [-0.05, 0) is 31.6 Å². The lowest BCUT2D eigenvalue weighted by atomic mass is 10.1. The first-order chi connectivity index (χ1) is 9.11. The van der Waals surface area contributed by atoms with Crippen LogP contribution in [0.5, 0.6) is 0 Å². The zero-order valence-electron chi connectivity index (χ0n) is 11.0. The van der Waals surface area contributed by atoms with Crippen molar-refractivity contribution in [2.24, 2.45) is 0 Å². The van der Waals surface area contributed by atoms with Crippen LogP contribution in [0, 0.1) is 6.92 Å². The standard InChI is InChI=1S/C14H14N2O2S/c1-9(8-12(17)18-3)14-13(16-10(2)19-14)11-6-4-5-7-15-11/h4-8H,1-3H3/b9-8+. The predicted octanol–water partition coefficient (Wildman–Crippen LogP) is 3.09. The second kappa shape index (κ2) is 5.75. The van der Waals surface area contributed by atoms with Crippen molar-refractivity contribution in [3.8, 4) is 11.4 Å². The molecule has 0 aromatic carbocycles. The van der Waals surface area contributed by atoms with Crippen molar-refractivity contribution in [2.75, 3.05) is 7.11 Å². The molecule has 19 heavy (non-hydrogen) atoms. The molecule has 2 aromatic rings. The first-order valence-electron chi connectivity index (χ1n) is 5.77. The number of thiazole rings is 1. The number of nitrogens with zero attached hydrogens (tertiary/aromatic N) is 2. The third-order valence-electron chi connectivity index (χ3n) is 2.54. The molecule has 0 aliphatic rings. The third-order valence-corrected chi connectivity index (χ3v) is 3.64. The fraction of sp³-hybridized carbons (Fsp3) is 0.214. The summed E-state index contributed by atoms with van der Waals surface area (Å²) in [5.41, 5.74) is 2.44. The molecular formula is C14H14N2O2S. The molecule has 0 radical (unpaired) electrons. The third kappa shape index (κ3) is 3.06. The molecule has 2 rings (SSSR count). The molecular weight excluding hydrogens is 260 g/mol. The molecule has 0 bridgehead atoms. The molecule has 0 fully saturated rings. The Labute approximate surface area is 115 Å². The lowest BCUT2D eigenvalue weighted by Crippen LogP contribution is -1.96. The summed E-state index contributed by atoms with van der Waals surface area (Å²) in [4.78, 5) is 21.1. The number of ether oxygens (including phenoxy) is 1. The van der Waals surface area contributed by atoms with E-state index in [9.17, 15) is 4.79 Å². The van der Waals surface area contributed by atoms with Crippen molar-refractivity contribution >= 4 is 22.9 Å². The normalized spacial score (nSPS) is 11.4. The summed E-state index contributed by atoms with van der Waals surface area (Å²) in [5.74, 6) is -0.365. The van der Waals surface area contributed by atoms with E-state index < -0.39 is 0 Å². The van der Waals surface area contributed by atoms with E-state index in [0.29, 0.717) is 0 Å². The Hall–Kier alpha value is -2.01. The molecule has 0 aliphatic heterocycles. The number of hydrogen-bond donors (Lipinski definition) is 0. The number of carbonyl (C=O) groups excluding carboxylic acids is 1. The Kier molecular flexibility index (Phi) is 4.06. The van der Waals surface area contributed by atoms with Crippen LogP contribution in [0.1, 0.15) is 16.8 Å². The number of hydrogen-bond acceptors (Lipinski definition) is 5. The van der Waals surface area contributed by atoms with Crippen LogP contribution in [0.2, 0.25) is 0 Å². The minimum atomic E-state index is -0.365. The van der Waals surface area contributed by atoms with Crippen LogP contribution in [0.25, 0.3) is 17.0 Å². The molecule has 0 aliphatic carbocycles.